The normalized spacial score (nSPS) is 11.5. The van der Waals surface area contributed by atoms with Crippen LogP contribution >= 0.6 is 0 Å². The summed E-state index contributed by atoms with van der Waals surface area (Å²) in [7, 11) is -3.74. The average Bonchev–Trinajstić information content (AvgIpc) is 2.76. The van der Waals surface area contributed by atoms with Crippen molar-refractivity contribution in [3.8, 4) is 6.01 Å². The van der Waals surface area contributed by atoms with Crippen molar-refractivity contribution in [3.63, 3.8) is 0 Å². The zero-order valence-electron chi connectivity index (χ0n) is 13.0. The zero-order valence-corrected chi connectivity index (χ0v) is 13.8. The van der Waals surface area contributed by atoms with E-state index in [9.17, 15) is 8.42 Å². The Kier molecular flexibility index (Phi) is 4.65. The lowest BCUT2D eigenvalue weighted by Crippen LogP contribution is -2.15. The summed E-state index contributed by atoms with van der Waals surface area (Å²) in [4.78, 5) is 8.05. The number of nitrogens with zero attached hydrogens (tertiary/aromatic N) is 4. The SMILES string of the molecule is CCOc1ncc(NS(=O)(=O)c2c(C)nn(CC)c2C)cn1. The Morgan fingerprint density at radius 3 is 2.36 bits per heavy atom. The molecule has 0 saturated carbocycles. The van der Waals surface area contributed by atoms with Gasteiger partial charge in [-0.25, -0.2) is 18.4 Å². The Hall–Kier alpha value is -2.16. The van der Waals surface area contributed by atoms with Crippen molar-refractivity contribution >= 4 is 15.7 Å². The van der Waals surface area contributed by atoms with Gasteiger partial charge in [-0.05, 0) is 27.7 Å². The molecule has 0 aliphatic rings. The van der Waals surface area contributed by atoms with Gasteiger partial charge in [-0.1, -0.05) is 0 Å². The van der Waals surface area contributed by atoms with Crippen LogP contribution in [0.25, 0.3) is 0 Å². The first kappa shape index (κ1) is 16.2. The maximum Gasteiger partial charge on any atom is 0.316 e. The molecule has 0 radical (unpaired) electrons. The molecule has 2 aromatic rings. The van der Waals surface area contributed by atoms with Gasteiger partial charge < -0.3 is 4.74 Å². The summed E-state index contributed by atoms with van der Waals surface area (Å²) < 4.78 is 34.3. The zero-order chi connectivity index (χ0) is 16.3. The Bertz CT molecular complexity index is 753. The van der Waals surface area contributed by atoms with Crippen molar-refractivity contribution in [2.45, 2.75) is 39.1 Å². The van der Waals surface area contributed by atoms with E-state index in [1.165, 1.54) is 12.4 Å². The fourth-order valence-electron chi connectivity index (χ4n) is 2.16. The Morgan fingerprint density at radius 2 is 1.86 bits per heavy atom. The van der Waals surface area contributed by atoms with Crippen LogP contribution in [0.5, 0.6) is 6.01 Å². The molecule has 8 nitrogen and oxygen atoms in total. The summed E-state index contributed by atoms with van der Waals surface area (Å²) in [6, 6.07) is 0.205. The molecule has 22 heavy (non-hydrogen) atoms. The summed E-state index contributed by atoms with van der Waals surface area (Å²) in [5.41, 5.74) is 1.32. The summed E-state index contributed by atoms with van der Waals surface area (Å²) in [6.07, 6.45) is 2.73. The molecule has 0 amide bonds. The lowest BCUT2D eigenvalue weighted by atomic mass is 10.4. The molecule has 0 fully saturated rings. The average molecular weight is 325 g/mol. The second-order valence-corrected chi connectivity index (χ2v) is 6.23. The van der Waals surface area contributed by atoms with Gasteiger partial charge in [0.1, 0.15) is 4.90 Å². The van der Waals surface area contributed by atoms with Crippen molar-refractivity contribution < 1.29 is 13.2 Å². The number of hydrogen-bond acceptors (Lipinski definition) is 6. The number of sulfonamides is 1. The van der Waals surface area contributed by atoms with Crippen LogP contribution < -0.4 is 9.46 Å². The first-order valence-electron chi connectivity index (χ1n) is 6.90. The number of aromatic nitrogens is 4. The number of nitrogens with one attached hydrogen (secondary N) is 1. The molecule has 1 N–H and O–H groups in total. The number of anilines is 1. The number of aryl methyl sites for hydroxylation is 2. The Balaban J connectivity index is 2.30. The molecule has 0 aromatic carbocycles. The van der Waals surface area contributed by atoms with Gasteiger partial charge in [0, 0.05) is 6.54 Å². The minimum atomic E-state index is -3.74. The van der Waals surface area contributed by atoms with Crippen LogP contribution in [0, 0.1) is 13.8 Å². The van der Waals surface area contributed by atoms with Gasteiger partial charge in [-0.15, -0.1) is 0 Å². The van der Waals surface area contributed by atoms with E-state index in [4.69, 9.17) is 4.74 Å². The highest BCUT2D eigenvalue weighted by molar-refractivity contribution is 7.92. The molecule has 2 heterocycles. The van der Waals surface area contributed by atoms with Gasteiger partial charge in [-0.2, -0.15) is 5.10 Å². The monoisotopic (exact) mass is 325 g/mol. The highest BCUT2D eigenvalue weighted by atomic mass is 32.2. The molecular formula is C13H19N5O3S. The fourth-order valence-corrected chi connectivity index (χ4v) is 3.60. The molecule has 0 aliphatic carbocycles. The van der Waals surface area contributed by atoms with E-state index >= 15 is 0 Å². The predicted molar refractivity (Wildman–Crippen MR) is 81.4 cm³/mol. The van der Waals surface area contributed by atoms with Gasteiger partial charge in [0.25, 0.3) is 10.0 Å². The molecule has 0 saturated heterocycles. The van der Waals surface area contributed by atoms with Crippen LogP contribution in [0.3, 0.4) is 0 Å². The molecule has 2 rings (SSSR count). The third-order valence-electron chi connectivity index (χ3n) is 3.04. The summed E-state index contributed by atoms with van der Waals surface area (Å²) in [6.45, 7) is 8.17. The summed E-state index contributed by atoms with van der Waals surface area (Å²) in [5.74, 6) is 0. The van der Waals surface area contributed by atoms with Gasteiger partial charge in [-0.3, -0.25) is 9.40 Å². The van der Waals surface area contributed by atoms with E-state index in [1.807, 2.05) is 13.8 Å². The molecule has 0 spiro atoms. The van der Waals surface area contributed by atoms with E-state index in [-0.39, 0.29) is 16.6 Å². The molecule has 9 heteroatoms. The topological polar surface area (TPSA) is 99.0 Å². The van der Waals surface area contributed by atoms with Gasteiger partial charge >= 0.3 is 6.01 Å². The van der Waals surface area contributed by atoms with Crippen molar-refractivity contribution in [2.24, 2.45) is 0 Å². The maximum atomic E-state index is 12.5. The smallest absolute Gasteiger partial charge is 0.316 e. The van der Waals surface area contributed by atoms with Crippen molar-refractivity contribution in [1.82, 2.24) is 19.7 Å². The quantitative estimate of drug-likeness (QED) is 0.864. The highest BCUT2D eigenvalue weighted by Gasteiger charge is 2.24. The third-order valence-corrected chi connectivity index (χ3v) is 4.67. The van der Waals surface area contributed by atoms with Crippen LogP contribution in [0.4, 0.5) is 5.69 Å². The van der Waals surface area contributed by atoms with Crippen LogP contribution in [0.15, 0.2) is 17.3 Å². The van der Waals surface area contributed by atoms with Gasteiger partial charge in [0.2, 0.25) is 0 Å². The van der Waals surface area contributed by atoms with Crippen LogP contribution in [0.2, 0.25) is 0 Å². The number of rotatable bonds is 6. The molecule has 0 aliphatic heterocycles. The van der Waals surface area contributed by atoms with Gasteiger partial charge in [0.15, 0.2) is 0 Å². The Morgan fingerprint density at radius 1 is 1.23 bits per heavy atom. The lowest BCUT2D eigenvalue weighted by molar-refractivity contribution is 0.312. The van der Waals surface area contributed by atoms with Gasteiger partial charge in [0.05, 0.1) is 36.1 Å². The summed E-state index contributed by atoms with van der Waals surface area (Å²) in [5, 5.41) is 4.22. The highest BCUT2D eigenvalue weighted by Crippen LogP contribution is 2.22. The van der Waals surface area contributed by atoms with E-state index in [0.717, 1.165) is 0 Å². The van der Waals surface area contributed by atoms with Crippen LogP contribution in [0.1, 0.15) is 25.2 Å². The lowest BCUT2D eigenvalue weighted by Gasteiger charge is -2.08. The molecule has 2 aromatic heterocycles. The maximum absolute atomic E-state index is 12.5. The standard InChI is InChI=1S/C13H19N5O3S/c1-5-18-10(4)12(9(3)16-18)22(19,20)17-11-7-14-13(15-8-11)21-6-2/h7-8,17H,5-6H2,1-4H3. The van der Waals surface area contributed by atoms with E-state index in [0.29, 0.717) is 24.5 Å². The molecule has 120 valence electrons. The second kappa shape index (κ2) is 6.30. The fraction of sp³-hybridized carbons (Fsp3) is 0.462. The molecule has 0 atom stereocenters. The number of hydrogen-bond donors (Lipinski definition) is 1. The first-order chi connectivity index (χ1) is 10.4. The predicted octanol–water partition coefficient (Wildman–Crippen LogP) is 1.51. The molecule has 0 unspecified atom stereocenters. The molecular weight excluding hydrogens is 306 g/mol. The minimum absolute atomic E-state index is 0.184. The van der Waals surface area contributed by atoms with Crippen molar-refractivity contribution in [3.05, 3.63) is 23.8 Å². The summed E-state index contributed by atoms with van der Waals surface area (Å²) >= 11 is 0. The second-order valence-electron chi connectivity index (χ2n) is 4.61. The van der Waals surface area contributed by atoms with Crippen LogP contribution in [-0.2, 0) is 16.6 Å². The van der Waals surface area contributed by atoms with Crippen molar-refractivity contribution in [1.29, 1.82) is 0 Å². The minimum Gasteiger partial charge on any atom is -0.464 e. The third kappa shape index (κ3) is 3.19. The van der Waals surface area contributed by atoms with E-state index in [2.05, 4.69) is 19.8 Å². The van der Waals surface area contributed by atoms with E-state index < -0.39 is 10.0 Å². The number of ether oxygens (including phenoxy) is 1. The largest absolute Gasteiger partial charge is 0.464 e. The Labute approximate surface area is 129 Å². The first-order valence-corrected chi connectivity index (χ1v) is 8.39. The van der Waals surface area contributed by atoms with E-state index in [1.54, 1.807) is 18.5 Å². The van der Waals surface area contributed by atoms with Crippen LogP contribution in [-0.4, -0.2) is 34.8 Å². The van der Waals surface area contributed by atoms with Crippen molar-refractivity contribution in [2.75, 3.05) is 11.3 Å². The molecule has 0 bridgehead atoms.